The molecule has 0 aliphatic heterocycles. The Morgan fingerprint density at radius 3 is 1.18 bits per heavy atom. The third kappa shape index (κ3) is 6.16. The van der Waals surface area contributed by atoms with Gasteiger partial charge in [0.15, 0.2) is 4.07 Å². The molecule has 0 nitrogen and oxygen atoms in total. The molecule has 172 valence electrons. The van der Waals surface area contributed by atoms with Crippen molar-refractivity contribution >= 4 is 60.3 Å². The first kappa shape index (κ1) is 26.6. The second-order valence-corrected chi connectivity index (χ2v) is 14.3. The number of alkyl halides is 2. The van der Waals surface area contributed by atoms with Crippen LogP contribution in [0.25, 0.3) is 0 Å². The Morgan fingerprint density at radius 2 is 0.879 bits per heavy atom. The number of hydrogen-bond donors (Lipinski definition) is 0. The first-order valence-electron chi connectivity index (χ1n) is 10.8. The molecular weight excluding hydrogens is 576 g/mol. The average molecular weight is 602 g/mol. The topological polar surface area (TPSA) is 0 Å². The van der Waals surface area contributed by atoms with Crippen LogP contribution in [0.3, 0.4) is 0 Å². The molecule has 33 heavy (non-hydrogen) atoms. The van der Waals surface area contributed by atoms with Crippen LogP contribution in [0.2, 0.25) is 0 Å². The summed E-state index contributed by atoms with van der Waals surface area (Å²) in [6, 6.07) is 42.5. The van der Waals surface area contributed by atoms with Crippen molar-refractivity contribution in [3.8, 4) is 0 Å². The molecular formula is C28H26Cl2P2Pd. The number of benzene rings is 4. The van der Waals surface area contributed by atoms with Gasteiger partial charge in [0.2, 0.25) is 0 Å². The fourth-order valence-electron chi connectivity index (χ4n) is 4.07. The maximum absolute atomic E-state index is 7.54. The van der Waals surface area contributed by atoms with E-state index in [1.54, 1.807) is 0 Å². The zero-order chi connectivity index (χ0) is 22.4. The molecule has 0 amide bonds. The number of hydrogen-bond acceptors (Lipinski definition) is 0. The van der Waals surface area contributed by atoms with Crippen LogP contribution in [-0.2, 0) is 20.4 Å². The Morgan fingerprint density at radius 1 is 0.576 bits per heavy atom. The molecule has 0 fully saturated rings. The van der Waals surface area contributed by atoms with E-state index in [2.05, 4.69) is 116 Å². The van der Waals surface area contributed by atoms with Crippen LogP contribution >= 0.6 is 39.0 Å². The van der Waals surface area contributed by atoms with Crippen molar-refractivity contribution in [3.63, 3.8) is 0 Å². The molecule has 4 rings (SSSR count). The van der Waals surface area contributed by atoms with E-state index in [9.17, 15) is 0 Å². The zero-order valence-corrected chi connectivity index (χ0v) is 23.2. The summed E-state index contributed by atoms with van der Waals surface area (Å²) in [5.41, 5.74) is 0.0807. The fraction of sp³-hybridized carbons (Fsp3) is 0.143. The first-order chi connectivity index (χ1) is 15.6. The van der Waals surface area contributed by atoms with Crippen molar-refractivity contribution in [2.45, 2.75) is 23.1 Å². The standard InChI is InChI=1S/C28H26Cl2P2.Pd/c1-2-27(31(23-15-7-3-8-16-23)24-17-9-4-10-18-24)28(29,30)32(25-19-11-5-12-20-25)26-21-13-6-14-22-26;/h3-22,27H,2H2,1H3;. The fourth-order valence-corrected chi connectivity index (χ4v) is 11.9. The van der Waals surface area contributed by atoms with Crippen molar-refractivity contribution in [2.24, 2.45) is 0 Å². The van der Waals surface area contributed by atoms with E-state index in [0.29, 0.717) is 0 Å². The van der Waals surface area contributed by atoms with Crippen molar-refractivity contribution in [1.29, 1.82) is 0 Å². The molecule has 0 aliphatic rings. The summed E-state index contributed by atoms with van der Waals surface area (Å²) in [5.74, 6) is 0. The summed E-state index contributed by atoms with van der Waals surface area (Å²) in [5, 5.41) is 5.02. The van der Waals surface area contributed by atoms with Crippen LogP contribution in [0.4, 0.5) is 0 Å². The molecule has 0 N–H and O–H groups in total. The van der Waals surface area contributed by atoms with Gasteiger partial charge in [-0.15, -0.1) is 0 Å². The van der Waals surface area contributed by atoms with Crippen molar-refractivity contribution < 1.29 is 20.4 Å². The van der Waals surface area contributed by atoms with Gasteiger partial charge in [0.25, 0.3) is 0 Å². The van der Waals surface area contributed by atoms with Crippen molar-refractivity contribution in [3.05, 3.63) is 121 Å². The van der Waals surface area contributed by atoms with Crippen LogP contribution < -0.4 is 21.2 Å². The third-order valence-electron chi connectivity index (χ3n) is 5.49. The minimum Gasteiger partial charge on any atom is -0.0951 e. The van der Waals surface area contributed by atoms with Gasteiger partial charge in [0, 0.05) is 26.1 Å². The molecule has 5 heteroatoms. The van der Waals surface area contributed by atoms with E-state index in [1.807, 2.05) is 12.1 Å². The van der Waals surface area contributed by atoms with Gasteiger partial charge in [0.1, 0.15) is 0 Å². The SMILES string of the molecule is CCC(P(c1ccccc1)c1ccccc1)C(Cl)(Cl)P(c1ccccc1)c1ccccc1.[Pd]. The molecule has 4 aromatic carbocycles. The Labute approximate surface area is 223 Å². The van der Waals surface area contributed by atoms with E-state index < -0.39 is 19.9 Å². The van der Waals surface area contributed by atoms with E-state index in [1.165, 1.54) is 21.2 Å². The van der Waals surface area contributed by atoms with Crippen LogP contribution in [0.1, 0.15) is 13.3 Å². The molecule has 1 atom stereocenters. The molecule has 0 saturated carbocycles. The van der Waals surface area contributed by atoms with Gasteiger partial charge in [-0.1, -0.05) is 151 Å². The van der Waals surface area contributed by atoms with E-state index in [-0.39, 0.29) is 26.1 Å². The molecule has 0 aromatic heterocycles. The van der Waals surface area contributed by atoms with Gasteiger partial charge in [-0.05, 0) is 43.5 Å². The van der Waals surface area contributed by atoms with E-state index >= 15 is 0 Å². The number of rotatable bonds is 8. The van der Waals surface area contributed by atoms with Gasteiger partial charge < -0.3 is 0 Å². The van der Waals surface area contributed by atoms with Gasteiger partial charge in [-0.2, -0.15) is 0 Å². The molecule has 0 bridgehead atoms. The summed E-state index contributed by atoms with van der Waals surface area (Å²) < 4.78 is -0.940. The van der Waals surface area contributed by atoms with Crippen LogP contribution in [-0.4, -0.2) is 9.73 Å². The molecule has 0 saturated heterocycles. The molecule has 1 unspecified atom stereocenters. The minimum atomic E-state index is -1.01. The predicted octanol–water partition coefficient (Wildman–Crippen LogP) is 7.16. The molecule has 0 aliphatic carbocycles. The summed E-state index contributed by atoms with van der Waals surface area (Å²) in [6.07, 6.45) is 0.890. The van der Waals surface area contributed by atoms with Crippen molar-refractivity contribution in [1.82, 2.24) is 0 Å². The second-order valence-electron chi connectivity index (χ2n) is 7.56. The van der Waals surface area contributed by atoms with E-state index in [0.717, 1.165) is 6.42 Å². The van der Waals surface area contributed by atoms with Crippen LogP contribution in [0, 0.1) is 0 Å². The summed E-state index contributed by atoms with van der Waals surface area (Å²) in [4.78, 5) is 0. The maximum Gasteiger partial charge on any atom is 0.152 e. The monoisotopic (exact) mass is 600 g/mol. The number of halogens is 2. The second kappa shape index (κ2) is 12.6. The Hall–Kier alpha value is -1.02. The quantitative estimate of drug-likeness (QED) is 0.114. The third-order valence-corrected chi connectivity index (χ3v) is 13.2. The Balaban J connectivity index is 0.00000306. The average Bonchev–Trinajstić information content (AvgIpc) is 2.84. The smallest absolute Gasteiger partial charge is 0.0951 e. The summed E-state index contributed by atoms with van der Waals surface area (Å²) >= 11 is 15.1. The van der Waals surface area contributed by atoms with Crippen LogP contribution in [0.5, 0.6) is 0 Å². The van der Waals surface area contributed by atoms with Crippen molar-refractivity contribution in [2.75, 3.05) is 0 Å². The molecule has 0 radical (unpaired) electrons. The maximum atomic E-state index is 7.54. The largest absolute Gasteiger partial charge is 0.152 e. The van der Waals surface area contributed by atoms with Gasteiger partial charge >= 0.3 is 0 Å². The van der Waals surface area contributed by atoms with E-state index in [4.69, 9.17) is 23.2 Å². The molecule has 0 heterocycles. The van der Waals surface area contributed by atoms with Gasteiger partial charge in [-0.25, -0.2) is 0 Å². The Bertz CT molecular complexity index is 1010. The Kier molecular flexibility index (Phi) is 10.2. The summed E-state index contributed by atoms with van der Waals surface area (Å²) in [7, 11) is -1.77. The zero-order valence-electron chi connectivity index (χ0n) is 18.3. The first-order valence-corrected chi connectivity index (χ1v) is 14.3. The molecule has 0 spiro atoms. The summed E-state index contributed by atoms with van der Waals surface area (Å²) in [6.45, 7) is 2.22. The molecule has 4 aromatic rings. The van der Waals surface area contributed by atoms with Gasteiger partial charge in [-0.3, -0.25) is 0 Å². The minimum absolute atomic E-state index is 0. The van der Waals surface area contributed by atoms with Crippen LogP contribution in [0.15, 0.2) is 121 Å². The predicted molar refractivity (Wildman–Crippen MR) is 147 cm³/mol. The van der Waals surface area contributed by atoms with Gasteiger partial charge in [0.05, 0.1) is 0 Å². The normalized spacial score (nSPS) is 12.4.